The quantitative estimate of drug-likeness (QED) is 0.830. The third-order valence-corrected chi connectivity index (χ3v) is 4.15. The molecular weight excluding hydrogens is 226 g/mol. The molecule has 0 bridgehead atoms. The van der Waals surface area contributed by atoms with E-state index >= 15 is 0 Å². The maximum atomic E-state index is 11.6. The Balaban J connectivity index is 2.15. The summed E-state index contributed by atoms with van der Waals surface area (Å²) < 4.78 is 0.685. The van der Waals surface area contributed by atoms with Crippen molar-refractivity contribution in [3.8, 4) is 0 Å². The molecule has 0 radical (unpaired) electrons. The average molecular weight is 248 g/mol. The van der Waals surface area contributed by atoms with E-state index in [-0.39, 0.29) is 6.04 Å². The van der Waals surface area contributed by atoms with Crippen molar-refractivity contribution in [2.45, 2.75) is 31.7 Å². The number of likely N-dealkylation sites (N-methyl/N-ethyl adjacent to an activating group) is 1. The first-order chi connectivity index (χ1) is 8.62. The number of hydrogen-bond donors (Lipinski definition) is 1. The van der Waals surface area contributed by atoms with Gasteiger partial charge in [-0.05, 0) is 24.8 Å². The van der Waals surface area contributed by atoms with E-state index in [0.717, 1.165) is 31.5 Å². The van der Waals surface area contributed by atoms with Gasteiger partial charge < -0.3 is 9.59 Å². The fourth-order valence-electron chi connectivity index (χ4n) is 2.96. The topological polar surface area (TPSA) is 37.3 Å². The Morgan fingerprint density at radius 1 is 1.22 bits per heavy atom. The van der Waals surface area contributed by atoms with Gasteiger partial charge in [0.25, 0.3) is 0 Å². The van der Waals surface area contributed by atoms with E-state index in [1.54, 1.807) is 0 Å². The lowest BCUT2D eigenvalue weighted by Crippen LogP contribution is -2.59. The van der Waals surface area contributed by atoms with Crippen molar-refractivity contribution in [1.82, 2.24) is 0 Å². The molecule has 1 aliphatic rings. The van der Waals surface area contributed by atoms with E-state index in [1.807, 2.05) is 30.3 Å². The van der Waals surface area contributed by atoms with Crippen molar-refractivity contribution in [3.63, 3.8) is 0 Å². The molecule has 98 valence electrons. The molecule has 2 rings (SSSR count). The van der Waals surface area contributed by atoms with Crippen LogP contribution in [0.3, 0.4) is 0 Å². The highest BCUT2D eigenvalue weighted by atomic mass is 16.4. The number of rotatable bonds is 4. The minimum absolute atomic E-state index is 0.312. The van der Waals surface area contributed by atoms with Gasteiger partial charge >= 0.3 is 5.97 Å². The summed E-state index contributed by atoms with van der Waals surface area (Å²) in [6, 6.07) is 9.65. The SMILES string of the molecule is C[N+]1([C@H](Cc2ccccc2)C(=O)O)CCCCC1. The van der Waals surface area contributed by atoms with Crippen LogP contribution in [0.2, 0.25) is 0 Å². The largest absolute Gasteiger partial charge is 0.477 e. The highest BCUT2D eigenvalue weighted by Gasteiger charge is 2.39. The number of carboxylic acid groups (broad SMARTS) is 1. The van der Waals surface area contributed by atoms with Crippen LogP contribution in [0, 0.1) is 0 Å². The zero-order chi connectivity index (χ0) is 13.0. The van der Waals surface area contributed by atoms with E-state index in [1.165, 1.54) is 6.42 Å². The fraction of sp³-hybridized carbons (Fsp3) is 0.533. The lowest BCUT2D eigenvalue weighted by molar-refractivity contribution is -0.929. The van der Waals surface area contributed by atoms with Crippen LogP contribution in [-0.2, 0) is 11.2 Å². The second kappa shape index (κ2) is 5.53. The number of quaternary nitrogens is 1. The number of benzene rings is 1. The second-order valence-electron chi connectivity index (χ2n) is 5.53. The van der Waals surface area contributed by atoms with Crippen LogP contribution in [0.5, 0.6) is 0 Å². The molecule has 1 heterocycles. The normalized spacial score (nSPS) is 20.3. The van der Waals surface area contributed by atoms with E-state index < -0.39 is 5.97 Å². The standard InChI is InChI=1S/C15H21NO2/c1-16(10-6-3-7-11-16)14(15(17)18)12-13-8-4-2-5-9-13/h2,4-5,8-9,14H,3,6-7,10-12H2,1H3/p+1/t14-/m1/s1. The van der Waals surface area contributed by atoms with E-state index in [4.69, 9.17) is 0 Å². The van der Waals surface area contributed by atoms with Gasteiger partial charge in [-0.25, -0.2) is 4.79 Å². The molecule has 3 nitrogen and oxygen atoms in total. The lowest BCUT2D eigenvalue weighted by atomic mass is 9.99. The summed E-state index contributed by atoms with van der Waals surface area (Å²) in [6.45, 7) is 1.98. The Morgan fingerprint density at radius 3 is 2.39 bits per heavy atom. The zero-order valence-electron chi connectivity index (χ0n) is 11.0. The molecule has 0 aromatic heterocycles. The molecule has 0 spiro atoms. The third-order valence-electron chi connectivity index (χ3n) is 4.15. The Bertz CT molecular complexity index is 396. The summed E-state index contributed by atoms with van der Waals surface area (Å²) in [5, 5.41) is 9.54. The molecule has 18 heavy (non-hydrogen) atoms. The summed E-state index contributed by atoms with van der Waals surface area (Å²) in [6.07, 6.45) is 4.17. The maximum Gasteiger partial charge on any atom is 0.362 e. The highest BCUT2D eigenvalue weighted by molar-refractivity contribution is 5.72. The van der Waals surface area contributed by atoms with Crippen molar-refractivity contribution in [3.05, 3.63) is 35.9 Å². The van der Waals surface area contributed by atoms with Gasteiger partial charge in [-0.3, -0.25) is 0 Å². The first-order valence-electron chi connectivity index (χ1n) is 6.73. The van der Waals surface area contributed by atoms with Crippen LogP contribution in [0.15, 0.2) is 30.3 Å². The van der Waals surface area contributed by atoms with Crippen molar-refractivity contribution in [1.29, 1.82) is 0 Å². The van der Waals surface area contributed by atoms with Gasteiger partial charge in [-0.2, -0.15) is 0 Å². The number of nitrogens with zero attached hydrogens (tertiary/aromatic N) is 1. The van der Waals surface area contributed by atoms with Crippen molar-refractivity contribution >= 4 is 5.97 Å². The van der Waals surface area contributed by atoms with Gasteiger partial charge in [0.05, 0.1) is 20.1 Å². The number of piperidine rings is 1. The summed E-state index contributed by atoms with van der Waals surface area (Å²) in [7, 11) is 2.10. The number of aliphatic carboxylic acids is 1. The molecule has 0 amide bonds. The van der Waals surface area contributed by atoms with Crippen LogP contribution in [0.1, 0.15) is 24.8 Å². The fourth-order valence-corrected chi connectivity index (χ4v) is 2.96. The first kappa shape index (κ1) is 13.1. The van der Waals surface area contributed by atoms with Gasteiger partial charge in [-0.15, -0.1) is 0 Å². The molecule has 1 saturated heterocycles. The molecule has 0 saturated carbocycles. The molecule has 1 aromatic rings. The monoisotopic (exact) mass is 248 g/mol. The predicted octanol–water partition coefficient (Wildman–Crippen LogP) is 2.31. The van der Waals surface area contributed by atoms with Gasteiger partial charge in [0.15, 0.2) is 6.04 Å². The van der Waals surface area contributed by atoms with Crippen LogP contribution < -0.4 is 0 Å². The smallest absolute Gasteiger partial charge is 0.362 e. The summed E-state index contributed by atoms with van der Waals surface area (Å²) >= 11 is 0. The lowest BCUT2D eigenvalue weighted by Gasteiger charge is -2.42. The maximum absolute atomic E-state index is 11.6. The van der Waals surface area contributed by atoms with Gasteiger partial charge in [0, 0.05) is 6.42 Å². The Morgan fingerprint density at radius 2 is 1.83 bits per heavy atom. The molecule has 1 fully saturated rings. The zero-order valence-corrected chi connectivity index (χ0v) is 11.0. The van der Waals surface area contributed by atoms with Crippen LogP contribution in [0.25, 0.3) is 0 Å². The van der Waals surface area contributed by atoms with E-state index in [9.17, 15) is 9.90 Å². The van der Waals surface area contributed by atoms with Crippen LogP contribution in [-0.4, -0.2) is 41.7 Å². The van der Waals surface area contributed by atoms with Crippen LogP contribution >= 0.6 is 0 Å². The summed E-state index contributed by atoms with van der Waals surface area (Å²) in [4.78, 5) is 11.6. The molecule has 0 aliphatic carbocycles. The van der Waals surface area contributed by atoms with Crippen molar-refractivity contribution in [2.75, 3.05) is 20.1 Å². The summed E-state index contributed by atoms with van der Waals surface area (Å²) in [5.74, 6) is -0.664. The van der Waals surface area contributed by atoms with Crippen molar-refractivity contribution in [2.24, 2.45) is 0 Å². The number of carbonyl (C=O) groups is 1. The van der Waals surface area contributed by atoms with Crippen molar-refractivity contribution < 1.29 is 14.4 Å². The van der Waals surface area contributed by atoms with Gasteiger partial charge in [0.1, 0.15) is 0 Å². The van der Waals surface area contributed by atoms with Gasteiger partial charge in [-0.1, -0.05) is 30.3 Å². The highest BCUT2D eigenvalue weighted by Crippen LogP contribution is 2.23. The molecule has 1 N–H and O–H groups in total. The number of hydrogen-bond acceptors (Lipinski definition) is 1. The Kier molecular flexibility index (Phi) is 4.02. The van der Waals surface area contributed by atoms with Gasteiger partial charge in [0.2, 0.25) is 0 Å². The predicted molar refractivity (Wildman–Crippen MR) is 71.3 cm³/mol. The first-order valence-corrected chi connectivity index (χ1v) is 6.73. The number of likely N-dealkylation sites (tertiary alicyclic amines) is 1. The third kappa shape index (κ3) is 2.91. The van der Waals surface area contributed by atoms with Crippen LogP contribution in [0.4, 0.5) is 0 Å². The minimum atomic E-state index is -0.664. The Hall–Kier alpha value is -1.35. The number of carboxylic acids is 1. The molecule has 1 aliphatic heterocycles. The summed E-state index contributed by atoms with van der Waals surface area (Å²) in [5.41, 5.74) is 1.12. The molecule has 1 atom stereocenters. The Labute approximate surface area is 109 Å². The molecule has 3 heteroatoms. The molecule has 1 aromatic carbocycles. The van der Waals surface area contributed by atoms with E-state index in [0.29, 0.717) is 10.9 Å². The molecular formula is C15H22NO2+. The minimum Gasteiger partial charge on any atom is -0.477 e. The average Bonchev–Trinajstić information content (AvgIpc) is 2.37. The second-order valence-corrected chi connectivity index (χ2v) is 5.53. The molecule has 0 unspecified atom stereocenters. The van der Waals surface area contributed by atoms with E-state index in [2.05, 4.69) is 7.05 Å².